The summed E-state index contributed by atoms with van der Waals surface area (Å²) in [6.07, 6.45) is 2.78. The molecule has 0 saturated heterocycles. The molecule has 0 aromatic rings. The van der Waals surface area contributed by atoms with Gasteiger partial charge in [0.15, 0.2) is 0 Å². The van der Waals surface area contributed by atoms with Gasteiger partial charge in [-0.25, -0.2) is 4.79 Å². The summed E-state index contributed by atoms with van der Waals surface area (Å²) < 4.78 is 0. The molecule has 1 heterocycles. The van der Waals surface area contributed by atoms with E-state index in [0.29, 0.717) is 10.5 Å². The zero-order chi connectivity index (χ0) is 16.4. The molecule has 110 valence electrons. The fourth-order valence-corrected chi connectivity index (χ4v) is 2.02. The molecular weight excluding hydrogens is 290 g/mol. The normalized spacial score (nSPS) is 18.5. The smallest absolute Gasteiger partial charge is 0.341 e. The highest BCUT2D eigenvalue weighted by Crippen LogP contribution is 2.26. The summed E-state index contributed by atoms with van der Waals surface area (Å²) in [5.74, 6) is -4.96. The number of nitrogens with zero attached hydrogens (tertiary/aromatic N) is 1. The van der Waals surface area contributed by atoms with Gasteiger partial charge in [-0.1, -0.05) is 11.5 Å². The molecule has 22 heavy (non-hydrogen) atoms. The Morgan fingerprint density at radius 2 is 1.95 bits per heavy atom. The van der Waals surface area contributed by atoms with E-state index in [1.807, 2.05) is 0 Å². The number of hydrogen-bond acceptors (Lipinski definition) is 4. The summed E-state index contributed by atoms with van der Waals surface area (Å²) in [7, 11) is 0. The Balaban J connectivity index is 2.60. The number of allylic oxidation sites excluding steroid dienone is 3. The quantitative estimate of drug-likeness (QED) is 0.331. The first kappa shape index (κ1) is 15.0. The van der Waals surface area contributed by atoms with Crippen molar-refractivity contribution in [2.24, 2.45) is 0 Å². The Morgan fingerprint density at radius 1 is 1.27 bits per heavy atom. The van der Waals surface area contributed by atoms with Gasteiger partial charge in [0.2, 0.25) is 0 Å². The van der Waals surface area contributed by atoms with Gasteiger partial charge in [-0.3, -0.25) is 19.3 Å². The molecule has 1 aliphatic heterocycles. The summed E-state index contributed by atoms with van der Waals surface area (Å²) in [6, 6.07) is 0. The number of carbonyl (C=O) groups is 4. The van der Waals surface area contributed by atoms with Crippen LogP contribution in [0.5, 0.6) is 0 Å². The average molecular weight is 299 g/mol. The molecular formula is C15H9NO6. The second-order valence-electron chi connectivity index (χ2n) is 4.45. The molecule has 0 aromatic heterocycles. The summed E-state index contributed by atoms with van der Waals surface area (Å²) >= 11 is 0. The lowest BCUT2D eigenvalue weighted by Crippen LogP contribution is -2.47. The number of rotatable bonds is 4. The van der Waals surface area contributed by atoms with Crippen molar-refractivity contribution >= 4 is 23.8 Å². The summed E-state index contributed by atoms with van der Waals surface area (Å²) in [4.78, 5) is 46.7. The van der Waals surface area contributed by atoms with E-state index in [1.165, 1.54) is 19.1 Å². The molecule has 1 aliphatic carbocycles. The Labute approximate surface area is 124 Å². The predicted molar refractivity (Wildman–Crippen MR) is 71.4 cm³/mol. The number of carboxylic acids is 2. The van der Waals surface area contributed by atoms with Crippen molar-refractivity contribution < 1.29 is 29.4 Å². The third-order valence-corrected chi connectivity index (χ3v) is 3.03. The van der Waals surface area contributed by atoms with Gasteiger partial charge in [-0.15, -0.1) is 0 Å². The van der Waals surface area contributed by atoms with Crippen molar-refractivity contribution in [3.05, 3.63) is 51.6 Å². The highest BCUT2D eigenvalue weighted by Gasteiger charge is 2.39. The summed E-state index contributed by atoms with van der Waals surface area (Å²) in [5.41, 5.74) is 7.42. The lowest BCUT2D eigenvalue weighted by atomic mass is 9.93. The molecule has 7 heteroatoms. The van der Waals surface area contributed by atoms with Crippen LogP contribution < -0.4 is 0 Å². The molecule has 0 saturated carbocycles. The topological polar surface area (TPSA) is 112 Å². The first-order valence-corrected chi connectivity index (χ1v) is 6.04. The minimum absolute atomic E-state index is 0.0289. The van der Waals surface area contributed by atoms with E-state index in [0.717, 1.165) is 0 Å². The molecule has 2 aliphatic rings. The number of aliphatic carboxylic acids is 2. The molecule has 0 atom stereocenters. The number of amides is 2. The van der Waals surface area contributed by atoms with Crippen LogP contribution in [0.4, 0.5) is 0 Å². The van der Waals surface area contributed by atoms with Gasteiger partial charge in [0, 0.05) is 17.2 Å². The number of hydrogen-bond donors (Lipinski definition) is 2. The zero-order valence-corrected chi connectivity index (χ0v) is 11.3. The monoisotopic (exact) mass is 299 g/mol. The fraction of sp³-hybridized carbons (Fsp3) is 0.133. The van der Waals surface area contributed by atoms with Crippen molar-refractivity contribution in [2.45, 2.75) is 6.92 Å². The fourth-order valence-electron chi connectivity index (χ4n) is 2.02. The minimum Gasteiger partial charge on any atom is -0.480 e. The van der Waals surface area contributed by atoms with Crippen molar-refractivity contribution in [3.8, 4) is 0 Å². The third kappa shape index (κ3) is 2.59. The molecule has 7 nitrogen and oxygen atoms in total. The van der Waals surface area contributed by atoms with Crippen LogP contribution in [0.3, 0.4) is 0 Å². The molecule has 2 rings (SSSR count). The maximum atomic E-state index is 12.3. The largest absolute Gasteiger partial charge is 0.480 e. The van der Waals surface area contributed by atoms with Crippen molar-refractivity contribution in [1.82, 2.24) is 4.90 Å². The highest BCUT2D eigenvalue weighted by atomic mass is 16.4. The maximum absolute atomic E-state index is 12.3. The van der Waals surface area contributed by atoms with Crippen LogP contribution in [0.25, 0.3) is 0 Å². The van der Waals surface area contributed by atoms with Crippen LogP contribution in [0.2, 0.25) is 0 Å². The van der Waals surface area contributed by atoms with Crippen molar-refractivity contribution in [1.29, 1.82) is 0 Å². The van der Waals surface area contributed by atoms with Gasteiger partial charge >= 0.3 is 11.9 Å². The summed E-state index contributed by atoms with van der Waals surface area (Å²) in [5, 5.41) is 17.9. The number of imide groups is 1. The maximum Gasteiger partial charge on any atom is 0.341 e. The van der Waals surface area contributed by atoms with Gasteiger partial charge in [0.05, 0.1) is 0 Å². The van der Waals surface area contributed by atoms with Gasteiger partial charge in [0.1, 0.15) is 12.1 Å². The SMILES string of the molecule is CC1=C(C(=O)O)C(=O)N(CC(=O)O)C(=O)/C1=C\C1=C=C=C=C1. The lowest BCUT2D eigenvalue weighted by molar-refractivity contribution is -0.151. The third-order valence-electron chi connectivity index (χ3n) is 3.03. The molecule has 0 radical (unpaired) electrons. The van der Waals surface area contributed by atoms with Gasteiger partial charge in [0.25, 0.3) is 11.8 Å². The molecule has 0 spiro atoms. The van der Waals surface area contributed by atoms with Crippen LogP contribution in [0.15, 0.2) is 51.6 Å². The molecule has 2 N–H and O–H groups in total. The van der Waals surface area contributed by atoms with Gasteiger partial charge in [-0.05, 0) is 24.3 Å². The Bertz CT molecular complexity index is 822. The second kappa shape index (κ2) is 5.56. The molecule has 0 fully saturated rings. The lowest BCUT2D eigenvalue weighted by Gasteiger charge is -2.26. The molecule has 0 unspecified atom stereocenters. The highest BCUT2D eigenvalue weighted by molar-refractivity contribution is 6.27. The summed E-state index contributed by atoms with van der Waals surface area (Å²) in [6.45, 7) is 0.404. The van der Waals surface area contributed by atoms with E-state index in [4.69, 9.17) is 10.2 Å². The van der Waals surface area contributed by atoms with Crippen molar-refractivity contribution in [2.75, 3.05) is 6.54 Å². The number of carboxylic acid groups (broad SMARTS) is 2. The van der Waals surface area contributed by atoms with Crippen LogP contribution >= 0.6 is 0 Å². The van der Waals surface area contributed by atoms with Crippen LogP contribution in [-0.4, -0.2) is 45.4 Å². The van der Waals surface area contributed by atoms with E-state index in [1.54, 1.807) is 0 Å². The Kier molecular flexibility index (Phi) is 3.80. The first-order chi connectivity index (χ1) is 10.3. The average Bonchev–Trinajstić information content (AvgIpc) is 2.92. The first-order valence-electron chi connectivity index (χ1n) is 6.04. The van der Waals surface area contributed by atoms with E-state index in [9.17, 15) is 19.2 Å². The van der Waals surface area contributed by atoms with E-state index >= 15 is 0 Å². The second-order valence-corrected chi connectivity index (χ2v) is 4.45. The van der Waals surface area contributed by atoms with E-state index in [-0.39, 0.29) is 11.1 Å². The number of carbonyl (C=O) groups excluding carboxylic acids is 2. The molecule has 0 bridgehead atoms. The Hall–Kier alpha value is -3.36. The van der Waals surface area contributed by atoms with E-state index < -0.39 is 35.9 Å². The zero-order valence-electron chi connectivity index (χ0n) is 11.3. The standard InChI is InChI=1S/C15H9NO6/c1-8-10(6-9-4-2-3-5-9)13(19)16(7-11(17)18)14(20)12(8)15(21)22/h4,6H,7H2,1H3,(H,17,18)(H,21,22)/b10-6-. The van der Waals surface area contributed by atoms with Crippen LogP contribution in [0, 0.1) is 0 Å². The van der Waals surface area contributed by atoms with Crippen molar-refractivity contribution in [3.63, 3.8) is 0 Å². The van der Waals surface area contributed by atoms with E-state index in [2.05, 4.69) is 17.2 Å². The predicted octanol–water partition coefficient (Wildman–Crippen LogP) is 0.173. The van der Waals surface area contributed by atoms with Crippen LogP contribution in [0.1, 0.15) is 6.92 Å². The molecule has 0 aromatic carbocycles. The molecule has 2 amide bonds. The van der Waals surface area contributed by atoms with Gasteiger partial charge < -0.3 is 10.2 Å². The van der Waals surface area contributed by atoms with Crippen LogP contribution in [-0.2, 0) is 19.2 Å². The van der Waals surface area contributed by atoms with Gasteiger partial charge in [-0.2, -0.15) is 0 Å². The minimum atomic E-state index is -1.53. The Morgan fingerprint density at radius 3 is 2.45 bits per heavy atom.